The lowest BCUT2D eigenvalue weighted by molar-refractivity contribution is -0.143. The highest BCUT2D eigenvalue weighted by atomic mass is 16.5. The first kappa shape index (κ1) is 18.0. The van der Waals surface area contributed by atoms with Gasteiger partial charge in [-0.25, -0.2) is 0 Å². The summed E-state index contributed by atoms with van der Waals surface area (Å²) in [5.74, 6) is -0.294. The summed E-state index contributed by atoms with van der Waals surface area (Å²) in [4.78, 5) is 37.5. The summed E-state index contributed by atoms with van der Waals surface area (Å²) in [6.45, 7) is 3.98. The molecule has 0 spiro atoms. The Bertz CT molecular complexity index is 626. The standard InChI is InChI=1S/C18H23NO5/c1-3-5-9-23-18(22)11-19-14-10-13(15(20)6-4-2)7-8-16(14)24-12-17(19)21/h7-8,10H,3-6,9,11-12H2,1-2H3. The zero-order chi connectivity index (χ0) is 17.5. The number of hydrogen-bond acceptors (Lipinski definition) is 5. The van der Waals surface area contributed by atoms with Gasteiger partial charge in [0.25, 0.3) is 5.91 Å². The highest BCUT2D eigenvalue weighted by molar-refractivity contribution is 6.04. The summed E-state index contributed by atoms with van der Waals surface area (Å²) in [7, 11) is 0. The molecule has 6 nitrogen and oxygen atoms in total. The number of Topliss-reactive ketones (excluding diaryl/α,β-unsaturated/α-hetero) is 1. The van der Waals surface area contributed by atoms with Gasteiger partial charge < -0.3 is 9.47 Å². The third-order valence-electron chi connectivity index (χ3n) is 3.75. The molecule has 130 valence electrons. The SMILES string of the molecule is CCCCOC(=O)CN1C(=O)COc2ccc(C(=O)CCC)cc21. The van der Waals surface area contributed by atoms with Gasteiger partial charge in [-0.2, -0.15) is 0 Å². The van der Waals surface area contributed by atoms with Gasteiger partial charge in [-0.05, 0) is 31.0 Å². The Morgan fingerprint density at radius 3 is 2.75 bits per heavy atom. The van der Waals surface area contributed by atoms with Gasteiger partial charge in [0.1, 0.15) is 12.3 Å². The van der Waals surface area contributed by atoms with Crippen LogP contribution in [0.2, 0.25) is 0 Å². The highest BCUT2D eigenvalue weighted by Gasteiger charge is 2.28. The van der Waals surface area contributed by atoms with Crippen LogP contribution in [0.1, 0.15) is 49.9 Å². The molecule has 1 amide bonds. The van der Waals surface area contributed by atoms with Crippen molar-refractivity contribution < 1.29 is 23.9 Å². The second-order valence-corrected chi connectivity index (χ2v) is 5.70. The van der Waals surface area contributed by atoms with Crippen LogP contribution in [0.3, 0.4) is 0 Å². The van der Waals surface area contributed by atoms with Crippen molar-refractivity contribution in [1.29, 1.82) is 0 Å². The van der Waals surface area contributed by atoms with Crippen LogP contribution in [0.5, 0.6) is 5.75 Å². The molecule has 0 atom stereocenters. The molecule has 1 aromatic carbocycles. The molecule has 0 saturated carbocycles. The molecule has 0 aromatic heterocycles. The molecule has 0 aliphatic carbocycles. The summed E-state index contributed by atoms with van der Waals surface area (Å²) in [5, 5.41) is 0. The molecule has 0 fully saturated rings. The van der Waals surface area contributed by atoms with Crippen LogP contribution in [-0.4, -0.2) is 37.4 Å². The second-order valence-electron chi connectivity index (χ2n) is 5.70. The molecular formula is C18H23NO5. The van der Waals surface area contributed by atoms with Crippen molar-refractivity contribution in [3.05, 3.63) is 23.8 Å². The van der Waals surface area contributed by atoms with Crippen molar-refractivity contribution in [3.63, 3.8) is 0 Å². The van der Waals surface area contributed by atoms with E-state index in [-0.39, 0.29) is 24.8 Å². The average molecular weight is 333 g/mol. The number of amides is 1. The van der Waals surface area contributed by atoms with Gasteiger partial charge >= 0.3 is 5.97 Å². The lowest BCUT2D eigenvalue weighted by Gasteiger charge is -2.29. The summed E-state index contributed by atoms with van der Waals surface area (Å²) in [6.07, 6.45) is 2.90. The van der Waals surface area contributed by atoms with Crippen LogP contribution in [0.4, 0.5) is 5.69 Å². The Kier molecular flexibility index (Phi) is 6.35. The number of esters is 1. The fourth-order valence-electron chi connectivity index (χ4n) is 2.43. The van der Waals surface area contributed by atoms with Crippen LogP contribution < -0.4 is 9.64 Å². The zero-order valence-electron chi connectivity index (χ0n) is 14.2. The van der Waals surface area contributed by atoms with Crippen molar-refractivity contribution in [1.82, 2.24) is 0 Å². The summed E-state index contributed by atoms with van der Waals surface area (Å²) < 4.78 is 10.5. The lowest BCUT2D eigenvalue weighted by Crippen LogP contribution is -2.42. The van der Waals surface area contributed by atoms with Crippen LogP contribution in [0, 0.1) is 0 Å². The maximum absolute atomic E-state index is 12.1. The second kappa shape index (κ2) is 8.47. The number of rotatable bonds is 8. The van der Waals surface area contributed by atoms with Gasteiger partial charge in [-0.15, -0.1) is 0 Å². The van der Waals surface area contributed by atoms with E-state index < -0.39 is 5.97 Å². The maximum atomic E-state index is 12.1. The predicted molar refractivity (Wildman–Crippen MR) is 89.4 cm³/mol. The first-order chi connectivity index (χ1) is 11.6. The van der Waals surface area contributed by atoms with Crippen molar-refractivity contribution in [2.75, 3.05) is 24.7 Å². The minimum atomic E-state index is -0.463. The molecule has 0 bridgehead atoms. The molecule has 1 aliphatic heterocycles. The van der Waals surface area contributed by atoms with Crippen LogP contribution in [-0.2, 0) is 14.3 Å². The van der Waals surface area contributed by atoms with Crippen molar-refractivity contribution in [3.8, 4) is 5.75 Å². The minimum Gasteiger partial charge on any atom is -0.482 e. The van der Waals surface area contributed by atoms with Gasteiger partial charge in [0.2, 0.25) is 0 Å². The molecule has 1 aromatic rings. The Morgan fingerprint density at radius 2 is 2.04 bits per heavy atom. The normalized spacial score (nSPS) is 13.2. The van der Waals surface area contributed by atoms with Crippen LogP contribution in [0.15, 0.2) is 18.2 Å². The summed E-state index contributed by atoms with van der Waals surface area (Å²) in [5.41, 5.74) is 0.957. The van der Waals surface area contributed by atoms with Crippen LogP contribution >= 0.6 is 0 Å². The van der Waals surface area contributed by atoms with Gasteiger partial charge in [-0.3, -0.25) is 19.3 Å². The van der Waals surface area contributed by atoms with Gasteiger partial charge in [0.05, 0.1) is 12.3 Å². The fraction of sp³-hybridized carbons (Fsp3) is 0.500. The van der Waals surface area contributed by atoms with E-state index in [1.165, 1.54) is 4.90 Å². The van der Waals surface area contributed by atoms with E-state index in [0.717, 1.165) is 19.3 Å². The Morgan fingerprint density at radius 1 is 1.25 bits per heavy atom. The Labute approximate surface area is 141 Å². The first-order valence-corrected chi connectivity index (χ1v) is 8.32. The summed E-state index contributed by atoms with van der Waals surface area (Å²) in [6, 6.07) is 4.97. The molecule has 2 rings (SSSR count). The number of fused-ring (bicyclic) bond motifs is 1. The fourth-order valence-corrected chi connectivity index (χ4v) is 2.43. The minimum absolute atomic E-state index is 0.00351. The molecular weight excluding hydrogens is 310 g/mol. The van der Waals surface area contributed by atoms with E-state index in [1.54, 1.807) is 18.2 Å². The number of unbranched alkanes of at least 4 members (excludes halogenated alkanes) is 1. The number of ether oxygens (including phenoxy) is 2. The van der Waals surface area contributed by atoms with Gasteiger partial charge in [0, 0.05) is 12.0 Å². The van der Waals surface area contributed by atoms with Crippen molar-refractivity contribution >= 4 is 23.3 Å². The molecule has 24 heavy (non-hydrogen) atoms. The predicted octanol–water partition coefficient (Wildman–Crippen LogP) is 2.74. The number of nitrogens with zero attached hydrogens (tertiary/aromatic N) is 1. The molecule has 6 heteroatoms. The van der Waals surface area contributed by atoms with E-state index in [0.29, 0.717) is 30.0 Å². The number of ketones is 1. The van der Waals surface area contributed by atoms with Gasteiger partial charge in [-0.1, -0.05) is 20.3 Å². The molecule has 0 unspecified atom stereocenters. The smallest absolute Gasteiger partial charge is 0.326 e. The quantitative estimate of drug-likeness (QED) is 0.415. The van der Waals surface area contributed by atoms with E-state index in [1.807, 2.05) is 13.8 Å². The topological polar surface area (TPSA) is 72.9 Å². The molecule has 0 radical (unpaired) electrons. The Balaban J connectivity index is 2.18. The number of carbonyl (C=O) groups is 3. The third-order valence-corrected chi connectivity index (χ3v) is 3.75. The van der Waals surface area contributed by atoms with E-state index in [4.69, 9.17) is 9.47 Å². The number of anilines is 1. The maximum Gasteiger partial charge on any atom is 0.326 e. The molecule has 1 aliphatic rings. The highest BCUT2D eigenvalue weighted by Crippen LogP contribution is 2.33. The van der Waals surface area contributed by atoms with Crippen molar-refractivity contribution in [2.45, 2.75) is 39.5 Å². The van der Waals surface area contributed by atoms with Crippen molar-refractivity contribution in [2.24, 2.45) is 0 Å². The first-order valence-electron chi connectivity index (χ1n) is 8.32. The number of hydrogen-bond donors (Lipinski definition) is 0. The average Bonchev–Trinajstić information content (AvgIpc) is 2.57. The zero-order valence-corrected chi connectivity index (χ0v) is 14.2. The molecule has 1 heterocycles. The monoisotopic (exact) mass is 333 g/mol. The molecule has 0 N–H and O–H groups in total. The molecule has 0 saturated heterocycles. The number of benzene rings is 1. The third kappa shape index (κ3) is 4.34. The Hall–Kier alpha value is -2.37. The lowest BCUT2D eigenvalue weighted by atomic mass is 10.0. The van der Waals surface area contributed by atoms with Gasteiger partial charge in [0.15, 0.2) is 12.4 Å². The van der Waals surface area contributed by atoms with Crippen LogP contribution in [0.25, 0.3) is 0 Å². The number of carbonyl (C=O) groups excluding carboxylic acids is 3. The summed E-state index contributed by atoms with van der Waals surface area (Å²) >= 11 is 0. The largest absolute Gasteiger partial charge is 0.482 e. The van der Waals surface area contributed by atoms with E-state index in [2.05, 4.69) is 0 Å². The van der Waals surface area contributed by atoms with E-state index >= 15 is 0 Å². The van der Waals surface area contributed by atoms with E-state index in [9.17, 15) is 14.4 Å².